The summed E-state index contributed by atoms with van der Waals surface area (Å²) in [4.78, 5) is 37.1. The van der Waals surface area contributed by atoms with E-state index < -0.39 is 12.5 Å². The van der Waals surface area contributed by atoms with Crippen molar-refractivity contribution in [2.45, 2.75) is 58.0 Å². The van der Waals surface area contributed by atoms with E-state index in [-0.39, 0.29) is 18.0 Å². The number of hydrogen-bond donors (Lipinski definition) is 4. The van der Waals surface area contributed by atoms with Crippen LogP contribution < -0.4 is 15.4 Å². The van der Waals surface area contributed by atoms with Gasteiger partial charge in [-0.3, -0.25) is 9.59 Å². The molecule has 4 N–H and O–H groups in total. The topological polar surface area (TPSA) is 129 Å². The Labute approximate surface area is 203 Å². The molecule has 0 aliphatic heterocycles. The van der Waals surface area contributed by atoms with E-state index >= 15 is 0 Å². The molecule has 35 heavy (non-hydrogen) atoms. The lowest BCUT2D eigenvalue weighted by Gasteiger charge is -2.14. The van der Waals surface area contributed by atoms with E-state index in [2.05, 4.69) is 31.7 Å². The molecule has 0 radical (unpaired) electrons. The highest BCUT2D eigenvalue weighted by Crippen LogP contribution is 2.37. The van der Waals surface area contributed by atoms with Crippen molar-refractivity contribution in [3.05, 3.63) is 41.3 Å². The third-order valence-electron chi connectivity index (χ3n) is 6.84. The Morgan fingerprint density at radius 1 is 1.11 bits per heavy atom. The van der Waals surface area contributed by atoms with Gasteiger partial charge in [-0.05, 0) is 64.0 Å². The fourth-order valence-electron chi connectivity index (χ4n) is 4.82. The van der Waals surface area contributed by atoms with Crippen LogP contribution in [-0.4, -0.2) is 57.2 Å². The average molecular weight is 478 g/mol. The Bertz CT molecular complexity index is 1270. The van der Waals surface area contributed by atoms with E-state index in [0.717, 1.165) is 35.4 Å². The van der Waals surface area contributed by atoms with E-state index in [1.807, 2.05) is 26.0 Å². The second-order valence-corrected chi connectivity index (χ2v) is 9.73. The molecule has 0 saturated heterocycles. The molecular weight excluding hydrogens is 446 g/mol. The molecule has 9 nitrogen and oxygen atoms in total. The van der Waals surface area contributed by atoms with Gasteiger partial charge in [0.15, 0.2) is 0 Å². The Kier molecular flexibility index (Phi) is 6.42. The minimum atomic E-state index is -0.529. The zero-order valence-corrected chi connectivity index (χ0v) is 20.1. The molecule has 2 aliphatic carbocycles. The van der Waals surface area contributed by atoms with Crippen molar-refractivity contribution in [3.63, 3.8) is 0 Å². The number of rotatable bonds is 8. The summed E-state index contributed by atoms with van der Waals surface area (Å²) in [7, 11) is 0. The number of aryl methyl sites for hydroxylation is 2. The zero-order valence-electron chi connectivity index (χ0n) is 20.1. The van der Waals surface area contributed by atoms with Crippen LogP contribution >= 0.6 is 0 Å². The summed E-state index contributed by atoms with van der Waals surface area (Å²) >= 11 is 0. The number of carbonyl (C=O) groups excluding carboxylic acids is 2. The molecule has 1 aromatic carbocycles. The van der Waals surface area contributed by atoms with Gasteiger partial charge in [0, 0.05) is 23.3 Å². The minimum absolute atomic E-state index is 0.0478. The maximum atomic E-state index is 13.3. The minimum Gasteiger partial charge on any atom is -0.493 e. The Hall–Kier alpha value is -3.46. The lowest BCUT2D eigenvalue weighted by atomic mass is 10.1. The molecule has 0 unspecified atom stereocenters. The summed E-state index contributed by atoms with van der Waals surface area (Å²) in [6.45, 7) is 4.06. The van der Waals surface area contributed by atoms with Crippen LogP contribution in [0.2, 0.25) is 0 Å². The van der Waals surface area contributed by atoms with Gasteiger partial charge in [-0.15, -0.1) is 0 Å². The van der Waals surface area contributed by atoms with Crippen LogP contribution in [0.5, 0.6) is 5.75 Å². The number of ether oxygens (including phenoxy) is 1. The largest absolute Gasteiger partial charge is 0.493 e. The summed E-state index contributed by atoms with van der Waals surface area (Å²) in [6.07, 6.45) is 6.06. The van der Waals surface area contributed by atoms with Gasteiger partial charge in [-0.1, -0.05) is 11.6 Å². The first kappa shape index (κ1) is 23.3. The Morgan fingerprint density at radius 3 is 2.63 bits per heavy atom. The van der Waals surface area contributed by atoms with Crippen molar-refractivity contribution in [1.29, 1.82) is 0 Å². The highest BCUT2D eigenvalue weighted by molar-refractivity contribution is 6.09. The highest BCUT2D eigenvalue weighted by atomic mass is 16.5. The van der Waals surface area contributed by atoms with E-state index in [9.17, 15) is 9.59 Å². The number of carbonyl (C=O) groups is 2. The van der Waals surface area contributed by atoms with Crippen molar-refractivity contribution in [3.8, 4) is 17.0 Å². The summed E-state index contributed by atoms with van der Waals surface area (Å²) in [5.41, 5.74) is 5.18. The van der Waals surface area contributed by atoms with Crippen molar-refractivity contribution in [1.82, 2.24) is 25.6 Å². The highest BCUT2D eigenvalue weighted by Gasteiger charge is 2.29. The van der Waals surface area contributed by atoms with Gasteiger partial charge in [-0.25, -0.2) is 9.97 Å². The molecule has 2 heterocycles. The molecule has 9 heteroatoms. The maximum Gasteiger partial charge on any atom is 0.255 e. The molecule has 0 spiro atoms. The summed E-state index contributed by atoms with van der Waals surface area (Å²) < 4.78 is 6.14. The number of amides is 2. The standard InChI is InChI=1S/C26H31N5O4/c1-14-3-8-20(35-12-16-4-5-16)19(9-14)23-25-24(28-13-27-23)22(15(2)29-25)26(34)31-18-7-6-17(10-18)30-21(33)11-32/h3,8-9,13,16-18,29,32H,4-7,10-12H2,1-2H3,(H,30,33)(H,31,34)/t17-,18-/m0/s1. The zero-order chi connectivity index (χ0) is 24.5. The molecule has 0 bridgehead atoms. The number of fused-ring (bicyclic) bond motifs is 1. The van der Waals surface area contributed by atoms with Gasteiger partial charge >= 0.3 is 0 Å². The Balaban J connectivity index is 1.41. The van der Waals surface area contributed by atoms with Crippen molar-refractivity contribution < 1.29 is 19.4 Å². The first-order valence-corrected chi connectivity index (χ1v) is 12.2. The number of nitrogens with zero attached hydrogens (tertiary/aromatic N) is 2. The van der Waals surface area contributed by atoms with Crippen LogP contribution in [0.15, 0.2) is 24.5 Å². The quantitative estimate of drug-likeness (QED) is 0.395. The normalized spacial score (nSPS) is 19.6. The van der Waals surface area contributed by atoms with Gasteiger partial charge in [0.25, 0.3) is 5.91 Å². The number of aromatic nitrogens is 3. The number of hydrogen-bond acceptors (Lipinski definition) is 6. The van der Waals surface area contributed by atoms with Crippen LogP contribution in [0.25, 0.3) is 22.3 Å². The molecule has 2 saturated carbocycles. The molecule has 2 amide bonds. The van der Waals surface area contributed by atoms with E-state index in [1.54, 1.807) is 0 Å². The van der Waals surface area contributed by atoms with Crippen LogP contribution in [0, 0.1) is 19.8 Å². The lowest BCUT2D eigenvalue weighted by molar-refractivity contribution is -0.124. The van der Waals surface area contributed by atoms with Crippen molar-refractivity contribution in [2.75, 3.05) is 13.2 Å². The SMILES string of the molecule is Cc1ccc(OCC2CC2)c(-c2ncnc3c(C(=O)N[C@H]4CC[C@H](NC(=O)CO)C4)c(C)[nH]c23)c1. The number of aromatic amines is 1. The monoisotopic (exact) mass is 477 g/mol. The van der Waals surface area contributed by atoms with E-state index in [1.165, 1.54) is 19.2 Å². The summed E-state index contributed by atoms with van der Waals surface area (Å²) in [6, 6.07) is 5.96. The predicted octanol–water partition coefficient (Wildman–Crippen LogP) is 2.79. The average Bonchev–Trinajstić information content (AvgIpc) is 3.47. The maximum absolute atomic E-state index is 13.3. The Morgan fingerprint density at radius 2 is 1.89 bits per heavy atom. The summed E-state index contributed by atoms with van der Waals surface area (Å²) in [5.74, 6) is 0.815. The molecule has 184 valence electrons. The van der Waals surface area contributed by atoms with Crippen LogP contribution in [0.1, 0.15) is 53.7 Å². The van der Waals surface area contributed by atoms with Gasteiger partial charge in [0.05, 0.1) is 17.7 Å². The number of aliphatic hydroxyl groups is 1. The molecular formula is C26H31N5O4. The second kappa shape index (κ2) is 9.65. The number of benzene rings is 1. The van der Waals surface area contributed by atoms with Gasteiger partial charge < -0.3 is 25.5 Å². The second-order valence-electron chi connectivity index (χ2n) is 9.73. The fourth-order valence-corrected chi connectivity index (χ4v) is 4.82. The molecule has 2 aliphatic rings. The predicted molar refractivity (Wildman–Crippen MR) is 131 cm³/mol. The van der Waals surface area contributed by atoms with Gasteiger partial charge in [0.1, 0.15) is 29.9 Å². The van der Waals surface area contributed by atoms with E-state index in [0.29, 0.717) is 41.2 Å². The van der Waals surface area contributed by atoms with Crippen LogP contribution in [0.3, 0.4) is 0 Å². The molecule has 2 fully saturated rings. The fraction of sp³-hybridized carbons (Fsp3) is 0.462. The number of H-pyrrole nitrogens is 1. The van der Waals surface area contributed by atoms with Gasteiger partial charge in [0.2, 0.25) is 5.91 Å². The third-order valence-corrected chi connectivity index (χ3v) is 6.84. The molecule has 2 aromatic heterocycles. The number of aliphatic hydroxyl groups excluding tert-OH is 1. The first-order valence-electron chi connectivity index (χ1n) is 12.2. The van der Waals surface area contributed by atoms with Crippen molar-refractivity contribution in [2.24, 2.45) is 5.92 Å². The first-order chi connectivity index (χ1) is 16.9. The summed E-state index contributed by atoms with van der Waals surface area (Å²) in [5, 5.41) is 14.8. The van der Waals surface area contributed by atoms with E-state index in [4.69, 9.17) is 9.84 Å². The van der Waals surface area contributed by atoms with Crippen LogP contribution in [-0.2, 0) is 4.79 Å². The molecule has 3 aromatic rings. The van der Waals surface area contributed by atoms with Crippen molar-refractivity contribution >= 4 is 22.8 Å². The third kappa shape index (κ3) is 5.00. The molecule has 5 rings (SSSR count). The lowest BCUT2D eigenvalue weighted by Crippen LogP contribution is -2.38. The smallest absolute Gasteiger partial charge is 0.255 e. The van der Waals surface area contributed by atoms with Gasteiger partial charge in [-0.2, -0.15) is 0 Å². The molecule has 2 atom stereocenters. The number of nitrogens with one attached hydrogen (secondary N) is 3. The van der Waals surface area contributed by atoms with Crippen LogP contribution in [0.4, 0.5) is 0 Å².